The second-order valence-corrected chi connectivity index (χ2v) is 5.70. The van der Waals surface area contributed by atoms with E-state index in [1.807, 2.05) is 24.3 Å². The lowest BCUT2D eigenvalue weighted by Crippen LogP contribution is -1.99. The smallest absolute Gasteiger partial charge is 0.138 e. The zero-order chi connectivity index (χ0) is 13.0. The number of rotatable bonds is 4. The summed E-state index contributed by atoms with van der Waals surface area (Å²) in [6.07, 6.45) is 3.52. The van der Waals surface area contributed by atoms with Crippen LogP contribution in [0.15, 0.2) is 45.6 Å². The lowest BCUT2D eigenvalue weighted by molar-refractivity contribution is 0.301. The summed E-state index contributed by atoms with van der Waals surface area (Å²) >= 11 is 12.7. The van der Waals surface area contributed by atoms with Gasteiger partial charge in [-0.25, -0.2) is 0 Å². The number of ether oxygens (including phenoxy) is 1. The number of alkyl halides is 1. The molecule has 2 rings (SSSR count). The molecule has 2 aromatic rings. The summed E-state index contributed by atoms with van der Waals surface area (Å²) in [5, 5.41) is 0. The molecule has 0 aliphatic heterocycles. The molecule has 0 aliphatic rings. The van der Waals surface area contributed by atoms with E-state index in [0.29, 0.717) is 12.5 Å². The van der Waals surface area contributed by atoms with Crippen molar-refractivity contribution in [2.24, 2.45) is 0 Å². The Morgan fingerprint density at radius 2 is 2.06 bits per heavy atom. The highest BCUT2D eigenvalue weighted by Crippen LogP contribution is 2.30. The van der Waals surface area contributed by atoms with E-state index in [0.717, 1.165) is 25.8 Å². The number of halogens is 3. The molecule has 2 nitrogen and oxygen atoms in total. The summed E-state index contributed by atoms with van der Waals surface area (Å²) in [7, 11) is 0. The number of hydrogen-bond donors (Lipinski definition) is 0. The number of para-hydroxylation sites is 1. The van der Waals surface area contributed by atoms with Crippen molar-refractivity contribution in [3.63, 3.8) is 0 Å². The maximum Gasteiger partial charge on any atom is 0.138 e. The predicted octanol–water partition coefficient (Wildman–Crippen LogP) is 4.92. The van der Waals surface area contributed by atoms with E-state index >= 15 is 0 Å². The first-order valence-corrected chi connectivity index (χ1v) is 7.38. The van der Waals surface area contributed by atoms with Crippen LogP contribution in [0, 0.1) is 0 Å². The molecule has 1 aromatic heterocycles. The molecule has 1 heterocycles. The summed E-state index contributed by atoms with van der Waals surface area (Å²) < 4.78 is 7.65. The van der Waals surface area contributed by atoms with Crippen molar-refractivity contribution in [2.75, 3.05) is 0 Å². The average molecular weight is 391 g/mol. The molecule has 0 aliphatic carbocycles. The molecule has 0 N–H and O–H groups in total. The van der Waals surface area contributed by atoms with Gasteiger partial charge in [-0.15, -0.1) is 11.6 Å². The Bertz CT molecular complexity index is 548. The Labute approximate surface area is 128 Å². The Hall–Kier alpha value is -0.580. The second-order valence-electron chi connectivity index (χ2n) is 3.66. The number of hydrogen-bond acceptors (Lipinski definition) is 2. The summed E-state index contributed by atoms with van der Waals surface area (Å²) in [5.74, 6) is 1.21. The van der Waals surface area contributed by atoms with E-state index in [9.17, 15) is 0 Å². The number of benzene rings is 1. The van der Waals surface area contributed by atoms with Crippen LogP contribution in [0.3, 0.4) is 0 Å². The monoisotopic (exact) mass is 389 g/mol. The second kappa shape index (κ2) is 6.55. The highest BCUT2D eigenvalue weighted by molar-refractivity contribution is 9.10. The summed E-state index contributed by atoms with van der Waals surface area (Å²) in [6.45, 7) is 0.457. The van der Waals surface area contributed by atoms with E-state index in [1.54, 1.807) is 12.4 Å². The first-order valence-electron chi connectivity index (χ1n) is 5.26. The van der Waals surface area contributed by atoms with Crippen LogP contribution in [0.4, 0.5) is 0 Å². The number of aromatic nitrogens is 1. The van der Waals surface area contributed by atoms with Gasteiger partial charge in [0, 0.05) is 28.0 Å². The van der Waals surface area contributed by atoms with Gasteiger partial charge in [0.1, 0.15) is 12.4 Å². The van der Waals surface area contributed by atoms with Crippen LogP contribution in [-0.2, 0) is 12.5 Å². The number of nitrogens with zero attached hydrogens (tertiary/aromatic N) is 1. The van der Waals surface area contributed by atoms with Gasteiger partial charge in [-0.2, -0.15) is 0 Å². The van der Waals surface area contributed by atoms with Crippen molar-refractivity contribution in [1.82, 2.24) is 4.98 Å². The van der Waals surface area contributed by atoms with Crippen molar-refractivity contribution in [3.8, 4) is 5.75 Å². The minimum absolute atomic E-state index is 0.422. The predicted molar refractivity (Wildman–Crippen MR) is 80.0 cm³/mol. The zero-order valence-corrected chi connectivity index (χ0v) is 13.3. The Balaban J connectivity index is 2.15. The van der Waals surface area contributed by atoms with Crippen molar-refractivity contribution >= 4 is 43.5 Å². The van der Waals surface area contributed by atoms with Crippen molar-refractivity contribution in [1.29, 1.82) is 0 Å². The standard InChI is InChI=1S/C13H10Br2ClNO/c14-11-4-9(6-17-7-11)8-18-13-10(5-16)2-1-3-12(13)15/h1-4,6-7H,5,8H2. The van der Waals surface area contributed by atoms with Crippen LogP contribution in [0.25, 0.3) is 0 Å². The Kier molecular flexibility index (Phi) is 5.03. The lowest BCUT2D eigenvalue weighted by atomic mass is 10.2. The fraction of sp³-hybridized carbons (Fsp3) is 0.154. The topological polar surface area (TPSA) is 22.1 Å². The van der Waals surface area contributed by atoms with Crippen LogP contribution < -0.4 is 4.74 Å². The van der Waals surface area contributed by atoms with Crippen molar-refractivity contribution < 1.29 is 4.74 Å². The summed E-state index contributed by atoms with van der Waals surface area (Å²) in [6, 6.07) is 7.80. The minimum Gasteiger partial charge on any atom is -0.487 e. The molecule has 0 fully saturated rings. The van der Waals surface area contributed by atoms with Gasteiger partial charge < -0.3 is 4.74 Å². The first kappa shape index (κ1) is 13.8. The largest absolute Gasteiger partial charge is 0.487 e. The molecule has 0 atom stereocenters. The van der Waals surface area contributed by atoms with Gasteiger partial charge in [0.25, 0.3) is 0 Å². The SMILES string of the molecule is ClCc1cccc(Br)c1OCc1cncc(Br)c1. The van der Waals surface area contributed by atoms with Crippen LogP contribution >= 0.6 is 43.5 Å². The molecule has 0 amide bonds. The molecule has 5 heteroatoms. The van der Waals surface area contributed by atoms with Crippen LogP contribution in [-0.4, -0.2) is 4.98 Å². The van der Waals surface area contributed by atoms with Gasteiger partial charge in [-0.3, -0.25) is 4.98 Å². The third kappa shape index (κ3) is 3.46. The molecular formula is C13H10Br2ClNO. The summed E-state index contributed by atoms with van der Waals surface area (Å²) in [5.41, 5.74) is 1.97. The molecular weight excluding hydrogens is 381 g/mol. The molecule has 0 saturated heterocycles. The quantitative estimate of drug-likeness (QED) is 0.690. The average Bonchev–Trinajstić information content (AvgIpc) is 2.37. The van der Waals surface area contributed by atoms with E-state index in [2.05, 4.69) is 36.8 Å². The molecule has 0 saturated carbocycles. The van der Waals surface area contributed by atoms with Gasteiger partial charge >= 0.3 is 0 Å². The van der Waals surface area contributed by atoms with Crippen LogP contribution in [0.1, 0.15) is 11.1 Å². The maximum absolute atomic E-state index is 5.89. The van der Waals surface area contributed by atoms with E-state index in [4.69, 9.17) is 16.3 Å². The Morgan fingerprint density at radius 1 is 1.22 bits per heavy atom. The van der Waals surface area contributed by atoms with Gasteiger partial charge in [-0.1, -0.05) is 12.1 Å². The molecule has 0 spiro atoms. The third-order valence-electron chi connectivity index (χ3n) is 2.34. The lowest BCUT2D eigenvalue weighted by Gasteiger charge is -2.11. The van der Waals surface area contributed by atoms with Gasteiger partial charge in [0.2, 0.25) is 0 Å². The molecule has 0 bridgehead atoms. The normalized spacial score (nSPS) is 10.4. The molecule has 1 aromatic carbocycles. The van der Waals surface area contributed by atoms with Crippen LogP contribution in [0.5, 0.6) is 5.75 Å². The fourth-order valence-corrected chi connectivity index (χ4v) is 2.66. The van der Waals surface area contributed by atoms with Gasteiger partial charge in [-0.05, 0) is 44.0 Å². The highest BCUT2D eigenvalue weighted by atomic mass is 79.9. The van der Waals surface area contributed by atoms with E-state index < -0.39 is 0 Å². The maximum atomic E-state index is 5.89. The third-order valence-corrected chi connectivity index (χ3v) is 3.68. The zero-order valence-electron chi connectivity index (χ0n) is 9.37. The molecule has 94 valence electrons. The molecule has 0 unspecified atom stereocenters. The van der Waals surface area contributed by atoms with Crippen molar-refractivity contribution in [3.05, 3.63) is 56.7 Å². The van der Waals surface area contributed by atoms with E-state index in [-0.39, 0.29) is 0 Å². The molecule has 18 heavy (non-hydrogen) atoms. The Morgan fingerprint density at radius 3 is 2.78 bits per heavy atom. The summed E-state index contributed by atoms with van der Waals surface area (Å²) in [4.78, 5) is 4.10. The van der Waals surface area contributed by atoms with Crippen molar-refractivity contribution in [2.45, 2.75) is 12.5 Å². The highest BCUT2D eigenvalue weighted by Gasteiger charge is 2.07. The van der Waals surface area contributed by atoms with E-state index in [1.165, 1.54) is 0 Å². The molecule has 0 radical (unpaired) electrons. The van der Waals surface area contributed by atoms with Crippen LogP contribution in [0.2, 0.25) is 0 Å². The number of pyridine rings is 1. The van der Waals surface area contributed by atoms with Gasteiger partial charge in [0.05, 0.1) is 10.4 Å². The minimum atomic E-state index is 0.422. The fourth-order valence-electron chi connectivity index (χ4n) is 1.51. The first-order chi connectivity index (χ1) is 8.70. The van der Waals surface area contributed by atoms with Gasteiger partial charge in [0.15, 0.2) is 0 Å².